The minimum absolute atomic E-state index is 0.0781. The van der Waals surface area contributed by atoms with Gasteiger partial charge in [0.25, 0.3) is 5.56 Å². The monoisotopic (exact) mass is 247 g/mol. The van der Waals surface area contributed by atoms with Crippen LogP contribution in [-0.4, -0.2) is 34.4 Å². The zero-order valence-electron chi connectivity index (χ0n) is 10.00. The fraction of sp³-hybridized carbons (Fsp3) is 0.417. The van der Waals surface area contributed by atoms with Crippen LogP contribution in [0.2, 0.25) is 0 Å². The largest absolute Gasteiger partial charge is 0.480 e. The molecule has 1 unspecified atom stereocenters. The van der Waals surface area contributed by atoms with Crippen molar-refractivity contribution in [2.45, 2.75) is 19.1 Å². The molecule has 2 aromatic heterocycles. The summed E-state index contributed by atoms with van der Waals surface area (Å²) >= 11 is 0. The summed E-state index contributed by atoms with van der Waals surface area (Å²) in [4.78, 5) is 20.4. The normalized spacial score (nSPS) is 17.9. The average Bonchev–Trinajstić information content (AvgIpc) is 3.21. The summed E-state index contributed by atoms with van der Waals surface area (Å²) in [6, 6.07) is 3.19. The van der Waals surface area contributed by atoms with Gasteiger partial charge in [-0.2, -0.15) is 4.98 Å². The highest BCUT2D eigenvalue weighted by molar-refractivity contribution is 5.70. The Labute approximate surface area is 103 Å². The number of nitrogens with zero attached hydrogens (tertiary/aromatic N) is 3. The van der Waals surface area contributed by atoms with Crippen molar-refractivity contribution in [3.05, 3.63) is 28.7 Å². The van der Waals surface area contributed by atoms with Gasteiger partial charge in [0.2, 0.25) is 5.88 Å². The van der Waals surface area contributed by atoms with Crippen molar-refractivity contribution in [2.75, 3.05) is 13.7 Å². The summed E-state index contributed by atoms with van der Waals surface area (Å²) in [5.74, 6) is 0.407. The van der Waals surface area contributed by atoms with Gasteiger partial charge in [-0.1, -0.05) is 0 Å². The number of aryl methyl sites for hydroxylation is 1. The summed E-state index contributed by atoms with van der Waals surface area (Å²) in [7, 11) is 1.53. The molecule has 1 atom stereocenters. The molecule has 94 valence electrons. The van der Waals surface area contributed by atoms with Crippen LogP contribution in [0.15, 0.2) is 23.1 Å². The maximum Gasteiger partial charge on any atom is 0.252 e. The molecule has 1 saturated heterocycles. The van der Waals surface area contributed by atoms with Gasteiger partial charge in [0, 0.05) is 12.6 Å². The first-order valence-corrected chi connectivity index (χ1v) is 5.80. The smallest absolute Gasteiger partial charge is 0.252 e. The van der Waals surface area contributed by atoms with Gasteiger partial charge in [0.1, 0.15) is 5.52 Å². The number of pyridine rings is 1. The highest BCUT2D eigenvalue weighted by atomic mass is 16.6. The number of hydrogen-bond acceptors (Lipinski definition) is 5. The Hall–Kier alpha value is -1.95. The molecule has 1 aliphatic rings. The Morgan fingerprint density at radius 2 is 2.39 bits per heavy atom. The number of fused-ring (bicyclic) bond motifs is 1. The van der Waals surface area contributed by atoms with Crippen molar-refractivity contribution in [1.82, 2.24) is 14.5 Å². The number of rotatable bonds is 4. The van der Waals surface area contributed by atoms with E-state index in [1.54, 1.807) is 16.8 Å². The van der Waals surface area contributed by atoms with Crippen LogP contribution in [0.4, 0.5) is 0 Å². The Kier molecular flexibility index (Phi) is 2.71. The minimum Gasteiger partial charge on any atom is -0.480 e. The molecule has 0 saturated carbocycles. The van der Waals surface area contributed by atoms with Crippen LogP contribution in [0.1, 0.15) is 6.42 Å². The van der Waals surface area contributed by atoms with Gasteiger partial charge in [-0.05, 0) is 12.5 Å². The van der Waals surface area contributed by atoms with Crippen LogP contribution in [0.25, 0.3) is 11.2 Å². The van der Waals surface area contributed by atoms with Gasteiger partial charge in [0.05, 0.1) is 26.0 Å². The molecule has 1 fully saturated rings. The van der Waals surface area contributed by atoms with E-state index in [1.165, 1.54) is 13.2 Å². The van der Waals surface area contributed by atoms with Crippen LogP contribution in [0.5, 0.6) is 5.88 Å². The fourth-order valence-electron chi connectivity index (χ4n) is 1.86. The molecule has 1 aliphatic heterocycles. The molecular weight excluding hydrogens is 234 g/mol. The number of ether oxygens (including phenoxy) is 2. The Balaban J connectivity index is 2.06. The minimum atomic E-state index is -0.0781. The molecule has 0 aliphatic carbocycles. The first-order chi connectivity index (χ1) is 8.78. The lowest BCUT2D eigenvalue weighted by Gasteiger charge is -2.08. The lowest BCUT2D eigenvalue weighted by molar-refractivity contribution is 0.383. The van der Waals surface area contributed by atoms with Crippen LogP contribution in [0.3, 0.4) is 0 Å². The van der Waals surface area contributed by atoms with Gasteiger partial charge in [-0.3, -0.25) is 9.36 Å². The molecular formula is C12H13N3O3. The molecule has 0 amide bonds. The first-order valence-electron chi connectivity index (χ1n) is 5.80. The SMILES string of the molecule is COc1cnc2ccc(=O)n(CCC3CO3)c2n1. The van der Waals surface area contributed by atoms with Crippen LogP contribution >= 0.6 is 0 Å². The summed E-state index contributed by atoms with van der Waals surface area (Å²) in [5, 5.41) is 0. The summed E-state index contributed by atoms with van der Waals surface area (Å²) in [6.07, 6.45) is 2.64. The van der Waals surface area contributed by atoms with Gasteiger partial charge in [0.15, 0.2) is 5.65 Å². The highest BCUT2D eigenvalue weighted by Crippen LogP contribution is 2.16. The number of methoxy groups -OCH3 is 1. The topological polar surface area (TPSA) is 69.5 Å². The van der Waals surface area contributed by atoms with E-state index in [0.717, 1.165) is 13.0 Å². The van der Waals surface area contributed by atoms with E-state index >= 15 is 0 Å². The Morgan fingerprint density at radius 1 is 1.56 bits per heavy atom. The predicted octanol–water partition coefficient (Wildman–Crippen LogP) is 0.589. The van der Waals surface area contributed by atoms with E-state index in [2.05, 4.69) is 9.97 Å². The van der Waals surface area contributed by atoms with Gasteiger partial charge < -0.3 is 9.47 Å². The average molecular weight is 247 g/mol. The Morgan fingerprint density at radius 3 is 3.11 bits per heavy atom. The van der Waals surface area contributed by atoms with Crippen molar-refractivity contribution in [3.63, 3.8) is 0 Å². The first kappa shape index (κ1) is 11.2. The van der Waals surface area contributed by atoms with Crippen molar-refractivity contribution in [1.29, 1.82) is 0 Å². The van der Waals surface area contributed by atoms with E-state index < -0.39 is 0 Å². The quantitative estimate of drug-likeness (QED) is 0.739. The zero-order valence-corrected chi connectivity index (χ0v) is 10.00. The van der Waals surface area contributed by atoms with Gasteiger partial charge in [-0.15, -0.1) is 0 Å². The molecule has 0 bridgehead atoms. The third-order valence-corrected chi connectivity index (χ3v) is 2.95. The van der Waals surface area contributed by atoms with E-state index in [-0.39, 0.29) is 11.7 Å². The van der Waals surface area contributed by atoms with E-state index in [4.69, 9.17) is 9.47 Å². The molecule has 0 spiro atoms. The van der Waals surface area contributed by atoms with Crippen molar-refractivity contribution in [2.24, 2.45) is 0 Å². The molecule has 0 aromatic carbocycles. The van der Waals surface area contributed by atoms with Crippen LogP contribution < -0.4 is 10.3 Å². The second-order valence-corrected chi connectivity index (χ2v) is 4.19. The van der Waals surface area contributed by atoms with Crippen LogP contribution in [0, 0.1) is 0 Å². The number of epoxide rings is 1. The van der Waals surface area contributed by atoms with Crippen LogP contribution in [-0.2, 0) is 11.3 Å². The molecule has 0 radical (unpaired) electrons. The van der Waals surface area contributed by atoms with Crippen molar-refractivity contribution < 1.29 is 9.47 Å². The standard InChI is InChI=1S/C12H13N3O3/c1-17-10-6-13-9-2-3-11(16)15(12(9)14-10)5-4-8-7-18-8/h2-3,6,8H,4-5,7H2,1H3. The van der Waals surface area contributed by atoms with E-state index in [1.807, 2.05) is 0 Å². The summed E-state index contributed by atoms with van der Waals surface area (Å²) in [5.41, 5.74) is 1.17. The summed E-state index contributed by atoms with van der Waals surface area (Å²) < 4.78 is 11.8. The summed E-state index contributed by atoms with van der Waals surface area (Å²) in [6.45, 7) is 1.37. The maximum atomic E-state index is 11.9. The molecule has 0 N–H and O–H groups in total. The predicted molar refractivity (Wildman–Crippen MR) is 64.7 cm³/mol. The zero-order chi connectivity index (χ0) is 12.5. The molecule has 3 rings (SSSR count). The molecule has 6 heteroatoms. The fourth-order valence-corrected chi connectivity index (χ4v) is 1.86. The lowest BCUT2D eigenvalue weighted by Crippen LogP contribution is -2.21. The lowest BCUT2D eigenvalue weighted by atomic mass is 10.3. The molecule has 3 heterocycles. The maximum absolute atomic E-state index is 11.9. The molecule has 2 aromatic rings. The molecule has 18 heavy (non-hydrogen) atoms. The van der Waals surface area contributed by atoms with Crippen molar-refractivity contribution >= 4 is 11.2 Å². The molecule has 6 nitrogen and oxygen atoms in total. The second kappa shape index (κ2) is 4.38. The third-order valence-electron chi connectivity index (χ3n) is 2.95. The van der Waals surface area contributed by atoms with Crippen molar-refractivity contribution in [3.8, 4) is 5.88 Å². The second-order valence-electron chi connectivity index (χ2n) is 4.19. The van der Waals surface area contributed by atoms with E-state index in [0.29, 0.717) is 23.6 Å². The highest BCUT2D eigenvalue weighted by Gasteiger charge is 2.22. The Bertz CT molecular complexity index is 634. The van der Waals surface area contributed by atoms with Gasteiger partial charge >= 0.3 is 0 Å². The number of aromatic nitrogens is 3. The number of hydrogen-bond donors (Lipinski definition) is 0. The third kappa shape index (κ3) is 2.06. The van der Waals surface area contributed by atoms with E-state index in [9.17, 15) is 4.79 Å². The van der Waals surface area contributed by atoms with Gasteiger partial charge in [-0.25, -0.2) is 4.98 Å².